The number of rotatable bonds is 4. The van der Waals surface area contributed by atoms with E-state index in [1.165, 1.54) is 61.8 Å². The molecule has 2 aliphatic rings. The fourth-order valence-electron chi connectivity index (χ4n) is 4.07. The summed E-state index contributed by atoms with van der Waals surface area (Å²) in [4.78, 5) is 0. The van der Waals surface area contributed by atoms with Gasteiger partial charge < -0.3 is 10.1 Å². The quantitative estimate of drug-likeness (QED) is 0.834. The molecule has 1 aromatic rings. The van der Waals surface area contributed by atoms with E-state index in [9.17, 15) is 0 Å². The van der Waals surface area contributed by atoms with E-state index in [2.05, 4.69) is 30.4 Å². The molecule has 2 atom stereocenters. The maximum atomic E-state index is 6.08. The van der Waals surface area contributed by atoms with Gasteiger partial charge in [-0.05, 0) is 61.7 Å². The van der Waals surface area contributed by atoms with Crippen molar-refractivity contribution in [3.63, 3.8) is 0 Å². The van der Waals surface area contributed by atoms with Crippen LogP contribution in [0.2, 0.25) is 0 Å². The van der Waals surface area contributed by atoms with E-state index in [4.69, 9.17) is 4.74 Å². The van der Waals surface area contributed by atoms with Gasteiger partial charge in [0.25, 0.3) is 0 Å². The maximum absolute atomic E-state index is 6.08. The highest BCUT2D eigenvalue weighted by Crippen LogP contribution is 2.42. The Hall–Kier alpha value is -1.02. The Morgan fingerprint density at radius 1 is 1.14 bits per heavy atom. The van der Waals surface area contributed by atoms with Crippen LogP contribution in [0.15, 0.2) is 18.2 Å². The smallest absolute Gasteiger partial charge is 0.125 e. The molecule has 1 saturated carbocycles. The molecule has 0 spiro atoms. The lowest BCUT2D eigenvalue weighted by Crippen LogP contribution is -2.27. The Bertz CT molecular complexity index is 457. The van der Waals surface area contributed by atoms with Crippen LogP contribution >= 0.6 is 0 Å². The Balaban J connectivity index is 1.88. The molecule has 0 radical (unpaired) electrons. The zero-order chi connectivity index (χ0) is 14.5. The molecule has 3 rings (SSSR count). The van der Waals surface area contributed by atoms with E-state index < -0.39 is 0 Å². The van der Waals surface area contributed by atoms with E-state index in [0.29, 0.717) is 5.92 Å². The molecular formula is C19H29NO. The van der Waals surface area contributed by atoms with E-state index in [1.54, 1.807) is 0 Å². The van der Waals surface area contributed by atoms with Crippen LogP contribution in [0.25, 0.3) is 0 Å². The van der Waals surface area contributed by atoms with E-state index in [1.807, 2.05) is 0 Å². The van der Waals surface area contributed by atoms with Crippen LogP contribution < -0.4 is 10.1 Å². The highest BCUT2D eigenvalue weighted by molar-refractivity contribution is 5.45. The standard InChI is InChI=1S/C19H29NO/c1-2-20-14-16-8-4-3-5-11-17(16)18-12-6-9-15-10-7-13-21-19(15)18/h6,9,12,16-17,20H,2-5,7-8,10-11,13-14H2,1H3. The predicted molar refractivity (Wildman–Crippen MR) is 88.1 cm³/mol. The minimum atomic E-state index is 0.680. The van der Waals surface area contributed by atoms with Crippen LogP contribution in [0, 0.1) is 5.92 Å². The average Bonchev–Trinajstić information content (AvgIpc) is 2.77. The fourth-order valence-corrected chi connectivity index (χ4v) is 4.07. The number of hydrogen-bond donors (Lipinski definition) is 1. The number of ether oxygens (including phenoxy) is 1. The summed E-state index contributed by atoms with van der Waals surface area (Å²) in [6.45, 7) is 5.34. The molecule has 2 heteroatoms. The van der Waals surface area contributed by atoms with Crippen molar-refractivity contribution in [1.82, 2.24) is 5.32 Å². The third-order valence-electron chi connectivity index (χ3n) is 5.18. The van der Waals surface area contributed by atoms with Crippen molar-refractivity contribution in [2.75, 3.05) is 19.7 Å². The van der Waals surface area contributed by atoms with Crippen molar-refractivity contribution in [1.29, 1.82) is 0 Å². The first kappa shape index (κ1) is 14.9. The molecule has 1 fully saturated rings. The minimum absolute atomic E-state index is 0.680. The van der Waals surface area contributed by atoms with Gasteiger partial charge in [0, 0.05) is 0 Å². The van der Waals surface area contributed by atoms with Crippen molar-refractivity contribution in [2.24, 2.45) is 5.92 Å². The lowest BCUT2D eigenvalue weighted by molar-refractivity contribution is 0.276. The zero-order valence-electron chi connectivity index (χ0n) is 13.4. The first-order chi connectivity index (χ1) is 10.4. The number of fused-ring (bicyclic) bond motifs is 1. The summed E-state index contributed by atoms with van der Waals surface area (Å²) in [5, 5.41) is 3.58. The molecule has 21 heavy (non-hydrogen) atoms. The number of nitrogens with one attached hydrogen (secondary N) is 1. The van der Waals surface area contributed by atoms with Gasteiger partial charge in [0.1, 0.15) is 5.75 Å². The van der Waals surface area contributed by atoms with Crippen LogP contribution in [0.1, 0.15) is 62.5 Å². The van der Waals surface area contributed by atoms with Crippen LogP contribution in [0.5, 0.6) is 5.75 Å². The molecule has 116 valence electrons. The summed E-state index contributed by atoms with van der Waals surface area (Å²) in [5.41, 5.74) is 2.93. The third kappa shape index (κ3) is 3.42. The molecule has 1 aliphatic heterocycles. The molecular weight excluding hydrogens is 258 g/mol. The average molecular weight is 287 g/mol. The Morgan fingerprint density at radius 2 is 2.05 bits per heavy atom. The minimum Gasteiger partial charge on any atom is -0.493 e. The van der Waals surface area contributed by atoms with Crippen molar-refractivity contribution >= 4 is 0 Å². The summed E-state index contributed by atoms with van der Waals surface area (Å²) in [5.74, 6) is 2.68. The van der Waals surface area contributed by atoms with E-state index in [-0.39, 0.29) is 0 Å². The molecule has 0 bridgehead atoms. The molecule has 1 N–H and O–H groups in total. The Kier molecular flexibility index (Phi) is 5.18. The molecule has 2 unspecified atom stereocenters. The van der Waals surface area contributed by atoms with Gasteiger partial charge in [-0.25, -0.2) is 0 Å². The van der Waals surface area contributed by atoms with Gasteiger partial charge >= 0.3 is 0 Å². The summed E-state index contributed by atoms with van der Waals surface area (Å²) in [7, 11) is 0. The second kappa shape index (κ2) is 7.31. The summed E-state index contributed by atoms with van der Waals surface area (Å²) in [6.07, 6.45) is 9.21. The highest BCUT2D eigenvalue weighted by Gasteiger charge is 2.28. The maximum Gasteiger partial charge on any atom is 0.125 e. The number of para-hydroxylation sites is 1. The Labute approximate surface area is 129 Å². The third-order valence-corrected chi connectivity index (χ3v) is 5.18. The molecule has 2 nitrogen and oxygen atoms in total. The van der Waals surface area contributed by atoms with Gasteiger partial charge in [-0.1, -0.05) is 44.4 Å². The van der Waals surface area contributed by atoms with Gasteiger partial charge in [0.15, 0.2) is 0 Å². The van der Waals surface area contributed by atoms with Crippen molar-refractivity contribution < 1.29 is 4.74 Å². The molecule has 0 saturated heterocycles. The zero-order valence-corrected chi connectivity index (χ0v) is 13.4. The summed E-state index contributed by atoms with van der Waals surface area (Å²) in [6, 6.07) is 6.84. The van der Waals surface area contributed by atoms with Gasteiger partial charge in [-0.15, -0.1) is 0 Å². The fraction of sp³-hybridized carbons (Fsp3) is 0.684. The van der Waals surface area contributed by atoms with E-state index >= 15 is 0 Å². The number of benzene rings is 1. The lowest BCUT2D eigenvalue weighted by atomic mass is 9.80. The lowest BCUT2D eigenvalue weighted by Gasteiger charge is -2.30. The van der Waals surface area contributed by atoms with Gasteiger partial charge in [0.2, 0.25) is 0 Å². The highest BCUT2D eigenvalue weighted by atomic mass is 16.5. The van der Waals surface area contributed by atoms with Crippen molar-refractivity contribution in [2.45, 2.75) is 57.8 Å². The molecule has 0 aromatic heterocycles. The predicted octanol–water partition coefficient (Wildman–Crippen LogP) is 4.29. The van der Waals surface area contributed by atoms with Crippen LogP contribution in [-0.2, 0) is 6.42 Å². The largest absolute Gasteiger partial charge is 0.493 e. The van der Waals surface area contributed by atoms with Crippen molar-refractivity contribution in [3.8, 4) is 5.75 Å². The van der Waals surface area contributed by atoms with Gasteiger partial charge in [0.05, 0.1) is 6.61 Å². The van der Waals surface area contributed by atoms with Crippen LogP contribution in [0.3, 0.4) is 0 Å². The molecule has 1 heterocycles. The molecule has 0 amide bonds. The van der Waals surface area contributed by atoms with Gasteiger partial charge in [-0.2, -0.15) is 0 Å². The molecule has 1 aromatic carbocycles. The number of hydrogen-bond acceptors (Lipinski definition) is 2. The van der Waals surface area contributed by atoms with Gasteiger partial charge in [-0.3, -0.25) is 0 Å². The summed E-state index contributed by atoms with van der Waals surface area (Å²) < 4.78 is 6.08. The Morgan fingerprint density at radius 3 is 2.95 bits per heavy atom. The normalized spacial score (nSPS) is 25.8. The monoisotopic (exact) mass is 287 g/mol. The molecule has 1 aliphatic carbocycles. The van der Waals surface area contributed by atoms with Crippen LogP contribution in [-0.4, -0.2) is 19.7 Å². The SMILES string of the molecule is CCNCC1CCCCCC1c1cccc2c1OCCC2. The van der Waals surface area contributed by atoms with E-state index in [0.717, 1.165) is 25.6 Å². The second-order valence-corrected chi connectivity index (χ2v) is 6.60. The number of aryl methyl sites for hydroxylation is 1. The first-order valence-electron chi connectivity index (χ1n) is 8.85. The second-order valence-electron chi connectivity index (χ2n) is 6.60. The van der Waals surface area contributed by atoms with Crippen LogP contribution in [0.4, 0.5) is 0 Å². The van der Waals surface area contributed by atoms with Crippen molar-refractivity contribution in [3.05, 3.63) is 29.3 Å². The first-order valence-corrected chi connectivity index (χ1v) is 8.85. The topological polar surface area (TPSA) is 21.3 Å². The summed E-state index contributed by atoms with van der Waals surface area (Å²) >= 11 is 0.